The van der Waals surface area contributed by atoms with Crippen LogP contribution in [-0.4, -0.2) is 21.6 Å². The summed E-state index contributed by atoms with van der Waals surface area (Å²) in [5.74, 6) is -1.46. The van der Waals surface area contributed by atoms with Gasteiger partial charge in [-0.15, -0.1) is 0 Å². The van der Waals surface area contributed by atoms with Gasteiger partial charge in [-0.05, 0) is 74.9 Å². The van der Waals surface area contributed by atoms with E-state index in [1.54, 1.807) is 42.5 Å². The Morgan fingerprint density at radius 2 is 1.67 bits per heavy atom. The molecule has 6 heteroatoms. The van der Waals surface area contributed by atoms with E-state index in [4.69, 9.17) is 5.11 Å². The third kappa shape index (κ3) is 4.31. The van der Waals surface area contributed by atoms with Crippen LogP contribution >= 0.6 is 0 Å². The van der Waals surface area contributed by atoms with Crippen molar-refractivity contribution in [3.63, 3.8) is 0 Å². The van der Waals surface area contributed by atoms with Gasteiger partial charge in [0.25, 0.3) is 5.91 Å². The third-order valence-corrected chi connectivity index (χ3v) is 4.82. The average Bonchev–Trinajstić information content (AvgIpc) is 3.00. The highest BCUT2D eigenvalue weighted by atomic mass is 16.4. The molecule has 0 fully saturated rings. The van der Waals surface area contributed by atoms with E-state index in [-0.39, 0.29) is 11.1 Å². The van der Waals surface area contributed by atoms with Crippen LogP contribution in [0.1, 0.15) is 32.9 Å². The Balaban J connectivity index is 1.91. The number of hydrogen-bond acceptors (Lipinski definition) is 3. The van der Waals surface area contributed by atoms with Crippen LogP contribution in [0.3, 0.4) is 0 Å². The van der Waals surface area contributed by atoms with Gasteiger partial charge in [0, 0.05) is 22.8 Å². The zero-order valence-corrected chi connectivity index (χ0v) is 16.9. The molecule has 0 aliphatic rings. The molecule has 0 saturated carbocycles. The summed E-state index contributed by atoms with van der Waals surface area (Å²) in [6, 6.07) is 17.7. The molecule has 150 valence electrons. The monoisotopic (exact) mass is 399 g/mol. The SMILES string of the molecule is Cc1ccc(NC(=O)/C(C#N)=C\c2cc(C)n(-c3ccc(C(=O)O)cc3)c2C)cc1. The fourth-order valence-corrected chi connectivity index (χ4v) is 3.22. The molecule has 0 aliphatic carbocycles. The molecule has 2 aromatic carbocycles. The minimum Gasteiger partial charge on any atom is -0.478 e. The second kappa shape index (κ2) is 8.50. The Morgan fingerprint density at radius 1 is 1.03 bits per heavy atom. The molecule has 3 aromatic rings. The Labute approximate surface area is 174 Å². The van der Waals surface area contributed by atoms with Gasteiger partial charge in [0.05, 0.1) is 5.56 Å². The van der Waals surface area contributed by atoms with Crippen molar-refractivity contribution >= 4 is 23.6 Å². The first kappa shape index (κ1) is 20.6. The van der Waals surface area contributed by atoms with E-state index >= 15 is 0 Å². The van der Waals surface area contributed by atoms with Gasteiger partial charge in [-0.1, -0.05) is 17.7 Å². The number of aromatic nitrogens is 1. The van der Waals surface area contributed by atoms with Crippen molar-refractivity contribution in [1.29, 1.82) is 5.26 Å². The van der Waals surface area contributed by atoms with Crippen LogP contribution in [0.5, 0.6) is 0 Å². The summed E-state index contributed by atoms with van der Waals surface area (Å²) in [5, 5.41) is 21.3. The number of nitrogens with zero attached hydrogens (tertiary/aromatic N) is 2. The largest absolute Gasteiger partial charge is 0.478 e. The van der Waals surface area contributed by atoms with Crippen LogP contribution in [0.25, 0.3) is 11.8 Å². The van der Waals surface area contributed by atoms with E-state index < -0.39 is 11.9 Å². The molecule has 30 heavy (non-hydrogen) atoms. The van der Waals surface area contributed by atoms with Gasteiger partial charge in [-0.25, -0.2) is 4.79 Å². The predicted molar refractivity (Wildman–Crippen MR) is 116 cm³/mol. The zero-order chi connectivity index (χ0) is 21.8. The number of nitrogens with one attached hydrogen (secondary N) is 1. The molecule has 6 nitrogen and oxygen atoms in total. The molecule has 0 spiro atoms. The standard InChI is InChI=1S/C24H21N3O3/c1-15-4-8-21(9-5-15)26-23(28)20(14-25)13-19-12-16(2)27(17(19)3)22-10-6-18(7-11-22)24(29)30/h4-13H,1-3H3,(H,26,28)(H,29,30)/b20-13-. The second-order valence-electron chi connectivity index (χ2n) is 7.00. The Kier molecular flexibility index (Phi) is 5.84. The number of anilines is 1. The van der Waals surface area contributed by atoms with Crippen molar-refractivity contribution in [2.45, 2.75) is 20.8 Å². The van der Waals surface area contributed by atoms with Crippen LogP contribution < -0.4 is 5.32 Å². The maximum Gasteiger partial charge on any atom is 0.335 e. The summed E-state index contributed by atoms with van der Waals surface area (Å²) in [4.78, 5) is 23.6. The number of carbonyl (C=O) groups is 2. The highest BCUT2D eigenvalue weighted by molar-refractivity contribution is 6.09. The summed E-state index contributed by atoms with van der Waals surface area (Å²) >= 11 is 0. The van der Waals surface area contributed by atoms with E-state index in [0.717, 1.165) is 28.2 Å². The number of carbonyl (C=O) groups excluding carboxylic acids is 1. The van der Waals surface area contributed by atoms with Crippen LogP contribution in [-0.2, 0) is 4.79 Å². The van der Waals surface area contributed by atoms with Gasteiger partial charge in [0.1, 0.15) is 11.6 Å². The minimum absolute atomic E-state index is 0.00273. The lowest BCUT2D eigenvalue weighted by molar-refractivity contribution is -0.112. The maximum absolute atomic E-state index is 12.5. The normalized spacial score (nSPS) is 11.1. The first-order chi connectivity index (χ1) is 14.3. The molecule has 0 radical (unpaired) electrons. The number of amides is 1. The molecule has 1 amide bonds. The van der Waals surface area contributed by atoms with Gasteiger partial charge >= 0.3 is 5.97 Å². The smallest absolute Gasteiger partial charge is 0.335 e. The summed E-state index contributed by atoms with van der Waals surface area (Å²) in [7, 11) is 0. The number of rotatable bonds is 5. The van der Waals surface area contributed by atoms with E-state index in [2.05, 4.69) is 5.32 Å². The summed E-state index contributed by atoms with van der Waals surface area (Å²) in [5.41, 5.74) is 5.19. The van der Waals surface area contributed by atoms with Crippen molar-refractivity contribution in [3.8, 4) is 11.8 Å². The molecular formula is C24H21N3O3. The van der Waals surface area contributed by atoms with Crippen LogP contribution in [0, 0.1) is 32.1 Å². The maximum atomic E-state index is 12.5. The fourth-order valence-electron chi connectivity index (χ4n) is 3.22. The summed E-state index contributed by atoms with van der Waals surface area (Å²) < 4.78 is 1.95. The van der Waals surface area contributed by atoms with E-state index in [9.17, 15) is 14.9 Å². The van der Waals surface area contributed by atoms with E-state index in [1.165, 1.54) is 0 Å². The molecule has 2 N–H and O–H groups in total. The molecule has 0 aliphatic heterocycles. The van der Waals surface area contributed by atoms with Crippen molar-refractivity contribution < 1.29 is 14.7 Å². The lowest BCUT2D eigenvalue weighted by atomic mass is 10.1. The van der Waals surface area contributed by atoms with Crippen molar-refractivity contribution in [1.82, 2.24) is 4.57 Å². The topological polar surface area (TPSA) is 95.1 Å². The highest BCUT2D eigenvalue weighted by Gasteiger charge is 2.14. The first-order valence-corrected chi connectivity index (χ1v) is 9.32. The molecule has 0 saturated heterocycles. The van der Waals surface area contributed by atoms with Crippen molar-refractivity contribution in [2.75, 3.05) is 5.32 Å². The molecule has 3 rings (SSSR count). The minimum atomic E-state index is -0.982. The van der Waals surface area contributed by atoms with Gasteiger partial charge in [-0.3, -0.25) is 4.79 Å². The third-order valence-electron chi connectivity index (χ3n) is 4.82. The predicted octanol–water partition coefficient (Wildman–Crippen LogP) is 4.65. The van der Waals surface area contributed by atoms with Gasteiger partial charge in [0.15, 0.2) is 0 Å². The van der Waals surface area contributed by atoms with E-state index in [1.807, 2.05) is 49.6 Å². The Bertz CT molecular complexity index is 1180. The van der Waals surface area contributed by atoms with Crippen LogP contribution in [0.2, 0.25) is 0 Å². The number of carboxylic acids is 1. The Morgan fingerprint density at radius 3 is 2.23 bits per heavy atom. The quantitative estimate of drug-likeness (QED) is 0.482. The summed E-state index contributed by atoms with van der Waals surface area (Å²) in [6.45, 7) is 5.75. The van der Waals surface area contributed by atoms with Gasteiger partial charge < -0.3 is 15.0 Å². The number of aromatic carboxylic acids is 1. The Hall–Kier alpha value is -4.11. The zero-order valence-electron chi connectivity index (χ0n) is 16.9. The molecule has 0 bridgehead atoms. The molecule has 1 aromatic heterocycles. The molecule has 0 atom stereocenters. The lowest BCUT2D eigenvalue weighted by Crippen LogP contribution is -2.13. The molecule has 1 heterocycles. The molecular weight excluding hydrogens is 378 g/mol. The number of carboxylic acid groups (broad SMARTS) is 1. The lowest BCUT2D eigenvalue weighted by Gasteiger charge is -2.10. The highest BCUT2D eigenvalue weighted by Crippen LogP contribution is 2.23. The second-order valence-corrected chi connectivity index (χ2v) is 7.00. The van der Waals surface area contributed by atoms with Crippen molar-refractivity contribution in [2.24, 2.45) is 0 Å². The summed E-state index contributed by atoms with van der Waals surface area (Å²) in [6.07, 6.45) is 1.56. The van der Waals surface area contributed by atoms with Crippen molar-refractivity contribution in [3.05, 3.63) is 88.2 Å². The fraction of sp³-hybridized carbons (Fsp3) is 0.125. The number of hydrogen-bond donors (Lipinski definition) is 2. The molecule has 0 unspecified atom stereocenters. The van der Waals surface area contributed by atoms with Gasteiger partial charge in [0.2, 0.25) is 0 Å². The number of aryl methyl sites for hydroxylation is 2. The van der Waals surface area contributed by atoms with Gasteiger partial charge in [-0.2, -0.15) is 5.26 Å². The average molecular weight is 399 g/mol. The van der Waals surface area contributed by atoms with Crippen LogP contribution in [0.4, 0.5) is 5.69 Å². The first-order valence-electron chi connectivity index (χ1n) is 9.32. The van der Waals surface area contributed by atoms with Crippen LogP contribution in [0.15, 0.2) is 60.2 Å². The number of nitriles is 1. The number of benzene rings is 2. The van der Waals surface area contributed by atoms with E-state index in [0.29, 0.717) is 5.69 Å².